The van der Waals surface area contributed by atoms with E-state index in [4.69, 9.17) is 10.5 Å². The van der Waals surface area contributed by atoms with Gasteiger partial charge in [-0.1, -0.05) is 39.0 Å². The molecule has 0 unspecified atom stereocenters. The fourth-order valence-electron chi connectivity index (χ4n) is 1.76. The molecule has 0 aliphatic carbocycles. The average molecular weight is 260 g/mol. The minimum atomic E-state index is -4.30. The van der Waals surface area contributed by atoms with Crippen molar-refractivity contribution < 1.29 is 13.2 Å². The SMILES string of the molecule is CCCCCCCC(C#N)(C#N)CCC(F)(F)F. The van der Waals surface area contributed by atoms with E-state index in [-0.39, 0.29) is 6.42 Å². The Balaban J connectivity index is 4.20. The van der Waals surface area contributed by atoms with Gasteiger partial charge in [0.15, 0.2) is 0 Å². The number of hydrogen-bond donors (Lipinski definition) is 0. The fraction of sp³-hybridized carbons (Fsp3) is 0.846. The molecular formula is C13H19F3N2. The second-order valence-corrected chi connectivity index (χ2v) is 4.59. The molecule has 102 valence electrons. The number of unbranched alkanes of at least 4 members (excludes halogenated alkanes) is 4. The number of hydrogen-bond acceptors (Lipinski definition) is 2. The molecule has 5 heteroatoms. The van der Waals surface area contributed by atoms with Crippen LogP contribution in [0, 0.1) is 28.1 Å². The van der Waals surface area contributed by atoms with Gasteiger partial charge in [-0.05, 0) is 12.8 Å². The first kappa shape index (κ1) is 16.8. The highest BCUT2D eigenvalue weighted by molar-refractivity contribution is 5.13. The maximum atomic E-state index is 12.1. The first-order chi connectivity index (χ1) is 8.39. The molecule has 0 atom stereocenters. The quantitative estimate of drug-likeness (QED) is 0.593. The van der Waals surface area contributed by atoms with E-state index in [1.807, 2.05) is 0 Å². The van der Waals surface area contributed by atoms with Gasteiger partial charge >= 0.3 is 6.18 Å². The molecule has 0 aromatic heterocycles. The minimum Gasteiger partial charge on any atom is -0.197 e. The number of nitriles is 2. The molecule has 0 amide bonds. The highest BCUT2D eigenvalue weighted by atomic mass is 19.4. The third kappa shape index (κ3) is 7.17. The lowest BCUT2D eigenvalue weighted by atomic mass is 9.81. The second kappa shape index (κ2) is 7.97. The summed E-state index contributed by atoms with van der Waals surface area (Å²) in [5.41, 5.74) is -1.47. The van der Waals surface area contributed by atoms with Crippen LogP contribution in [0.2, 0.25) is 0 Å². The van der Waals surface area contributed by atoms with E-state index in [1.54, 1.807) is 12.1 Å². The van der Waals surface area contributed by atoms with E-state index in [2.05, 4.69) is 6.92 Å². The second-order valence-electron chi connectivity index (χ2n) is 4.59. The summed E-state index contributed by atoms with van der Waals surface area (Å²) < 4.78 is 36.4. The predicted molar refractivity (Wildman–Crippen MR) is 62.3 cm³/mol. The summed E-state index contributed by atoms with van der Waals surface area (Å²) in [6, 6.07) is 3.54. The maximum absolute atomic E-state index is 12.1. The lowest BCUT2D eigenvalue weighted by Gasteiger charge is -2.19. The third-order valence-corrected chi connectivity index (χ3v) is 2.97. The minimum absolute atomic E-state index is 0.236. The topological polar surface area (TPSA) is 47.6 Å². The van der Waals surface area contributed by atoms with Crippen LogP contribution in [0.5, 0.6) is 0 Å². The van der Waals surface area contributed by atoms with Gasteiger partial charge in [0.25, 0.3) is 0 Å². The molecule has 0 bridgehead atoms. The van der Waals surface area contributed by atoms with E-state index >= 15 is 0 Å². The summed E-state index contributed by atoms with van der Waals surface area (Å²) in [6.07, 6.45) is -0.891. The molecule has 0 aliphatic rings. The van der Waals surface area contributed by atoms with Crippen LogP contribution in [-0.2, 0) is 0 Å². The highest BCUT2D eigenvalue weighted by Crippen LogP contribution is 2.34. The molecule has 0 radical (unpaired) electrons. The summed E-state index contributed by atoms with van der Waals surface area (Å²) in [5, 5.41) is 17.9. The van der Waals surface area contributed by atoms with Gasteiger partial charge in [0.1, 0.15) is 5.41 Å². The molecule has 18 heavy (non-hydrogen) atoms. The summed E-state index contributed by atoms with van der Waals surface area (Å²) in [6.45, 7) is 2.07. The molecule has 2 nitrogen and oxygen atoms in total. The molecule has 0 aromatic rings. The van der Waals surface area contributed by atoms with Gasteiger partial charge in [0.05, 0.1) is 12.1 Å². The first-order valence-corrected chi connectivity index (χ1v) is 6.28. The highest BCUT2D eigenvalue weighted by Gasteiger charge is 2.36. The lowest BCUT2D eigenvalue weighted by molar-refractivity contribution is -0.138. The smallest absolute Gasteiger partial charge is 0.197 e. The molecule has 0 saturated carbocycles. The molecule has 0 N–H and O–H groups in total. The number of rotatable bonds is 8. The zero-order chi connectivity index (χ0) is 14.1. The molecular weight excluding hydrogens is 241 g/mol. The van der Waals surface area contributed by atoms with Crippen molar-refractivity contribution >= 4 is 0 Å². The fourth-order valence-corrected chi connectivity index (χ4v) is 1.76. The van der Waals surface area contributed by atoms with Crippen molar-refractivity contribution in [3.8, 4) is 12.1 Å². The van der Waals surface area contributed by atoms with Crippen LogP contribution in [0.15, 0.2) is 0 Å². The maximum Gasteiger partial charge on any atom is 0.389 e. The van der Waals surface area contributed by atoms with Crippen molar-refractivity contribution in [1.82, 2.24) is 0 Å². The Morgan fingerprint density at radius 1 is 0.833 bits per heavy atom. The van der Waals surface area contributed by atoms with Gasteiger partial charge in [-0.15, -0.1) is 0 Å². The van der Waals surface area contributed by atoms with Crippen molar-refractivity contribution in [3.63, 3.8) is 0 Å². The Morgan fingerprint density at radius 3 is 1.83 bits per heavy atom. The molecule has 0 aromatic carbocycles. The molecule has 0 spiro atoms. The van der Waals surface area contributed by atoms with Gasteiger partial charge in [-0.2, -0.15) is 23.7 Å². The van der Waals surface area contributed by atoms with E-state index in [1.165, 1.54) is 0 Å². The number of alkyl halides is 3. The van der Waals surface area contributed by atoms with Crippen LogP contribution in [0.3, 0.4) is 0 Å². The zero-order valence-electron chi connectivity index (χ0n) is 10.7. The molecule has 0 heterocycles. The molecule has 0 aliphatic heterocycles. The van der Waals surface area contributed by atoms with E-state index in [9.17, 15) is 13.2 Å². The van der Waals surface area contributed by atoms with Gasteiger partial charge in [0, 0.05) is 6.42 Å². The van der Waals surface area contributed by atoms with Crippen molar-refractivity contribution in [2.75, 3.05) is 0 Å². The van der Waals surface area contributed by atoms with Crippen molar-refractivity contribution in [2.45, 2.75) is 64.5 Å². The zero-order valence-corrected chi connectivity index (χ0v) is 10.7. The van der Waals surface area contributed by atoms with Crippen LogP contribution in [0.4, 0.5) is 13.2 Å². The molecule has 0 rings (SSSR count). The van der Waals surface area contributed by atoms with Gasteiger partial charge < -0.3 is 0 Å². The third-order valence-electron chi connectivity index (χ3n) is 2.97. The summed E-state index contributed by atoms with van der Waals surface area (Å²) in [5.74, 6) is 0. The Hall–Kier alpha value is -1.23. The van der Waals surface area contributed by atoms with Crippen LogP contribution >= 0.6 is 0 Å². The van der Waals surface area contributed by atoms with E-state index < -0.39 is 24.4 Å². The Bertz CT molecular complexity index is 296. The van der Waals surface area contributed by atoms with Crippen LogP contribution in [0.1, 0.15) is 58.3 Å². The summed E-state index contributed by atoms with van der Waals surface area (Å²) in [4.78, 5) is 0. The number of nitrogens with zero attached hydrogens (tertiary/aromatic N) is 2. The van der Waals surface area contributed by atoms with E-state index in [0.29, 0.717) is 6.42 Å². The monoisotopic (exact) mass is 260 g/mol. The van der Waals surface area contributed by atoms with Crippen molar-refractivity contribution in [3.05, 3.63) is 0 Å². The van der Waals surface area contributed by atoms with E-state index in [0.717, 1.165) is 25.7 Å². The standard InChI is InChI=1S/C13H19F3N2/c1-2-3-4-5-6-7-12(10-17,11-18)8-9-13(14,15)16/h2-9H2,1H3. The summed E-state index contributed by atoms with van der Waals surface area (Å²) in [7, 11) is 0. The van der Waals surface area contributed by atoms with Crippen LogP contribution in [0.25, 0.3) is 0 Å². The first-order valence-electron chi connectivity index (χ1n) is 6.28. The normalized spacial score (nSPS) is 11.9. The van der Waals surface area contributed by atoms with Gasteiger partial charge in [-0.3, -0.25) is 0 Å². The predicted octanol–water partition coefficient (Wildman–Crippen LogP) is 4.72. The number of halogens is 3. The van der Waals surface area contributed by atoms with Crippen molar-refractivity contribution in [1.29, 1.82) is 10.5 Å². The van der Waals surface area contributed by atoms with Crippen LogP contribution < -0.4 is 0 Å². The van der Waals surface area contributed by atoms with Crippen molar-refractivity contribution in [2.24, 2.45) is 5.41 Å². The average Bonchev–Trinajstić information content (AvgIpc) is 2.32. The lowest BCUT2D eigenvalue weighted by Crippen LogP contribution is -2.20. The molecule has 0 fully saturated rings. The van der Waals surface area contributed by atoms with Gasteiger partial charge in [0.2, 0.25) is 0 Å². The Labute approximate surface area is 106 Å². The van der Waals surface area contributed by atoms with Gasteiger partial charge in [-0.25, -0.2) is 0 Å². The van der Waals surface area contributed by atoms with Crippen LogP contribution in [-0.4, -0.2) is 6.18 Å². The molecule has 0 saturated heterocycles. The largest absolute Gasteiger partial charge is 0.389 e. The Morgan fingerprint density at radius 2 is 1.39 bits per heavy atom. The summed E-state index contributed by atoms with van der Waals surface area (Å²) >= 11 is 0. The Kier molecular flexibility index (Phi) is 7.43.